The fraction of sp³-hybridized carbons (Fsp3) is 0.800. The van der Waals surface area contributed by atoms with Gasteiger partial charge in [-0.25, -0.2) is 0 Å². The summed E-state index contributed by atoms with van der Waals surface area (Å²) in [7, 11) is 0. The summed E-state index contributed by atoms with van der Waals surface area (Å²) in [5.74, 6) is -1.93. The Labute approximate surface area is 107 Å². The van der Waals surface area contributed by atoms with Gasteiger partial charge in [-0.3, -0.25) is 9.59 Å². The molecule has 0 aromatic heterocycles. The van der Waals surface area contributed by atoms with E-state index in [9.17, 15) is 9.59 Å². The first kappa shape index (κ1) is 18.6. The molecule has 6 nitrogen and oxygen atoms in total. The number of carbonyl (C=O) groups is 2. The summed E-state index contributed by atoms with van der Waals surface area (Å²) in [6.45, 7) is 6.88. The lowest BCUT2D eigenvalue weighted by Gasteiger charge is -2.21. The van der Waals surface area contributed by atoms with Gasteiger partial charge >= 0.3 is 11.9 Å². The van der Waals surface area contributed by atoms with Crippen molar-refractivity contribution in [2.24, 2.45) is 17.4 Å². The van der Waals surface area contributed by atoms with Crippen molar-refractivity contribution < 1.29 is 19.8 Å². The second kappa shape index (κ2) is 7.52. The highest BCUT2D eigenvalue weighted by molar-refractivity contribution is 7.81. The largest absolute Gasteiger partial charge is 0.480 e. The number of thiol groups is 1. The van der Waals surface area contributed by atoms with Crippen LogP contribution in [0.15, 0.2) is 0 Å². The van der Waals surface area contributed by atoms with Crippen LogP contribution in [0.2, 0.25) is 0 Å². The average Bonchev–Trinajstić information content (AvgIpc) is 2.14. The summed E-state index contributed by atoms with van der Waals surface area (Å²) in [4.78, 5) is 20.2. The molecule has 0 aliphatic rings. The van der Waals surface area contributed by atoms with Crippen molar-refractivity contribution in [1.29, 1.82) is 0 Å². The minimum atomic E-state index is -1.02. The lowest BCUT2D eigenvalue weighted by atomic mass is 10.1. The molecule has 0 unspecified atom stereocenters. The molecule has 0 aliphatic heterocycles. The van der Waals surface area contributed by atoms with Crippen LogP contribution in [0.1, 0.15) is 27.7 Å². The van der Waals surface area contributed by atoms with Gasteiger partial charge in [0.1, 0.15) is 12.1 Å². The summed E-state index contributed by atoms with van der Waals surface area (Å²) in [6.07, 6.45) is 0. The Morgan fingerprint density at radius 1 is 1.12 bits per heavy atom. The van der Waals surface area contributed by atoms with Crippen molar-refractivity contribution in [2.45, 2.75) is 44.5 Å². The van der Waals surface area contributed by atoms with Crippen molar-refractivity contribution in [3.8, 4) is 0 Å². The molecule has 0 spiro atoms. The SMILES string of the molecule is CC(C)(S)[C@@H](N)C(=O)O.CC(C)[C@H](N)C(=O)O. The van der Waals surface area contributed by atoms with Crippen molar-refractivity contribution >= 4 is 24.6 Å². The van der Waals surface area contributed by atoms with Crippen molar-refractivity contribution in [3.63, 3.8) is 0 Å². The number of nitrogens with two attached hydrogens (primary N) is 2. The third-order valence-corrected chi connectivity index (χ3v) is 2.31. The van der Waals surface area contributed by atoms with Crippen LogP contribution in [0.3, 0.4) is 0 Å². The predicted octanol–water partition coefficient (Wildman–Crippen LogP) is 0.161. The Hall–Kier alpha value is -0.790. The van der Waals surface area contributed by atoms with E-state index < -0.39 is 28.8 Å². The van der Waals surface area contributed by atoms with E-state index in [1.54, 1.807) is 27.7 Å². The maximum Gasteiger partial charge on any atom is 0.321 e. The minimum absolute atomic E-state index is 0.0208. The highest BCUT2D eigenvalue weighted by Gasteiger charge is 2.27. The molecule has 0 bridgehead atoms. The third kappa shape index (κ3) is 8.96. The standard InChI is InChI=1S/C5H11NO2S.C5H11NO2/c1-5(2,9)3(6)4(7)8;1-3(2)4(6)5(7)8/h3,9H,6H2,1-2H3,(H,7,8);3-4H,6H2,1-2H3,(H,7,8)/t3-;4-/m00/s1. The van der Waals surface area contributed by atoms with E-state index in [4.69, 9.17) is 21.7 Å². The molecule has 0 aliphatic carbocycles. The molecule has 0 saturated heterocycles. The fourth-order valence-electron chi connectivity index (χ4n) is 0.587. The van der Waals surface area contributed by atoms with Crippen LogP contribution in [0, 0.1) is 5.92 Å². The zero-order valence-electron chi connectivity index (χ0n) is 10.5. The highest BCUT2D eigenvalue weighted by atomic mass is 32.1. The summed E-state index contributed by atoms with van der Waals surface area (Å²) < 4.78 is -0.647. The lowest BCUT2D eigenvalue weighted by Crippen LogP contribution is -2.45. The van der Waals surface area contributed by atoms with Crippen LogP contribution in [0.5, 0.6) is 0 Å². The van der Waals surface area contributed by atoms with E-state index in [1.807, 2.05) is 0 Å². The van der Waals surface area contributed by atoms with Gasteiger partial charge in [0.25, 0.3) is 0 Å². The molecule has 7 heteroatoms. The van der Waals surface area contributed by atoms with Crippen LogP contribution in [0.4, 0.5) is 0 Å². The van der Waals surface area contributed by atoms with E-state index in [2.05, 4.69) is 12.6 Å². The molecule has 0 fully saturated rings. The molecule has 0 rings (SSSR count). The number of carboxylic acid groups (broad SMARTS) is 2. The topological polar surface area (TPSA) is 127 Å². The molecule has 0 aromatic carbocycles. The second-order valence-electron chi connectivity index (χ2n) is 4.58. The summed E-state index contributed by atoms with van der Waals surface area (Å²) >= 11 is 3.98. The normalized spacial score (nSPS) is 14.6. The molecule has 0 radical (unpaired) electrons. The van der Waals surface area contributed by atoms with Gasteiger partial charge in [-0.2, -0.15) is 12.6 Å². The molecule has 17 heavy (non-hydrogen) atoms. The minimum Gasteiger partial charge on any atom is -0.480 e. The Kier molecular flexibility index (Phi) is 8.21. The van der Waals surface area contributed by atoms with E-state index >= 15 is 0 Å². The van der Waals surface area contributed by atoms with Gasteiger partial charge in [0, 0.05) is 4.75 Å². The molecule has 0 amide bonds. The molecule has 6 N–H and O–H groups in total. The molecule has 2 atom stereocenters. The lowest BCUT2D eigenvalue weighted by molar-refractivity contribution is -0.140. The first-order valence-corrected chi connectivity index (χ1v) is 5.55. The van der Waals surface area contributed by atoms with Crippen LogP contribution in [0.25, 0.3) is 0 Å². The monoisotopic (exact) mass is 266 g/mol. The van der Waals surface area contributed by atoms with E-state index in [0.717, 1.165) is 0 Å². The molecule has 0 saturated carbocycles. The van der Waals surface area contributed by atoms with E-state index in [0.29, 0.717) is 0 Å². The van der Waals surface area contributed by atoms with E-state index in [1.165, 1.54) is 0 Å². The number of rotatable bonds is 4. The quantitative estimate of drug-likeness (QED) is 0.461. The average molecular weight is 266 g/mol. The van der Waals surface area contributed by atoms with Gasteiger partial charge in [-0.15, -0.1) is 0 Å². The molecule has 102 valence electrons. The van der Waals surface area contributed by atoms with Gasteiger partial charge in [0.2, 0.25) is 0 Å². The van der Waals surface area contributed by atoms with Crippen LogP contribution in [-0.2, 0) is 9.59 Å². The van der Waals surface area contributed by atoms with Crippen molar-refractivity contribution in [2.75, 3.05) is 0 Å². The van der Waals surface area contributed by atoms with Gasteiger partial charge in [0.05, 0.1) is 0 Å². The first-order chi connectivity index (χ1) is 7.41. The highest BCUT2D eigenvalue weighted by Crippen LogP contribution is 2.15. The third-order valence-electron chi connectivity index (χ3n) is 2.03. The van der Waals surface area contributed by atoms with Gasteiger partial charge in [0.15, 0.2) is 0 Å². The molecular weight excluding hydrogens is 244 g/mol. The zero-order chi connectivity index (χ0) is 14.4. The predicted molar refractivity (Wildman–Crippen MR) is 69.1 cm³/mol. The number of hydrogen-bond acceptors (Lipinski definition) is 5. The Balaban J connectivity index is 0. The van der Waals surface area contributed by atoms with Crippen molar-refractivity contribution in [3.05, 3.63) is 0 Å². The van der Waals surface area contributed by atoms with Crippen LogP contribution < -0.4 is 11.5 Å². The molecule has 0 heterocycles. The van der Waals surface area contributed by atoms with Crippen LogP contribution >= 0.6 is 12.6 Å². The number of aliphatic carboxylic acids is 2. The van der Waals surface area contributed by atoms with Gasteiger partial charge < -0.3 is 21.7 Å². The number of hydrogen-bond donors (Lipinski definition) is 5. The van der Waals surface area contributed by atoms with Gasteiger partial charge in [-0.1, -0.05) is 13.8 Å². The first-order valence-electron chi connectivity index (χ1n) is 5.10. The number of carboxylic acids is 2. The van der Waals surface area contributed by atoms with Crippen LogP contribution in [-0.4, -0.2) is 39.0 Å². The summed E-state index contributed by atoms with van der Waals surface area (Å²) in [6, 6.07) is -1.61. The Bertz CT molecular complexity index is 264. The van der Waals surface area contributed by atoms with Crippen molar-refractivity contribution in [1.82, 2.24) is 0 Å². The van der Waals surface area contributed by atoms with E-state index in [-0.39, 0.29) is 5.92 Å². The fourth-order valence-corrected chi connectivity index (χ4v) is 0.698. The summed E-state index contributed by atoms with van der Waals surface area (Å²) in [5.41, 5.74) is 10.4. The summed E-state index contributed by atoms with van der Waals surface area (Å²) in [5, 5.41) is 16.6. The molecular formula is C10H22N2O4S. The maximum atomic E-state index is 10.2. The second-order valence-corrected chi connectivity index (χ2v) is 5.73. The Morgan fingerprint density at radius 2 is 1.47 bits per heavy atom. The maximum absolute atomic E-state index is 10.2. The van der Waals surface area contributed by atoms with Gasteiger partial charge in [-0.05, 0) is 19.8 Å². The Morgan fingerprint density at radius 3 is 1.47 bits per heavy atom. The molecule has 0 aromatic rings. The smallest absolute Gasteiger partial charge is 0.321 e. The zero-order valence-corrected chi connectivity index (χ0v) is 11.4.